The van der Waals surface area contributed by atoms with E-state index in [1.165, 1.54) is 12.8 Å². The van der Waals surface area contributed by atoms with Crippen molar-refractivity contribution in [1.29, 1.82) is 0 Å². The third kappa shape index (κ3) is 22.4. The Bertz CT molecular complexity index is 768. The molecule has 40 heavy (non-hydrogen) atoms. The van der Waals surface area contributed by atoms with E-state index in [2.05, 4.69) is 44.2 Å². The molecule has 0 aromatic rings. The normalized spacial score (nSPS) is 13.7. The van der Waals surface area contributed by atoms with Crippen LogP contribution in [-0.2, 0) is 28.6 Å². The van der Waals surface area contributed by atoms with Crippen molar-refractivity contribution in [3.05, 3.63) is 36.5 Å². The highest BCUT2D eigenvalue weighted by molar-refractivity contribution is 5.70. The fraction of sp³-hybridized carbons (Fsp3) is 0.719. The van der Waals surface area contributed by atoms with Crippen molar-refractivity contribution in [2.75, 3.05) is 41.0 Å². The van der Waals surface area contributed by atoms with Gasteiger partial charge in [0.2, 0.25) is 0 Å². The number of ether oxygens (including phenoxy) is 3. The number of carboxylic acids is 1. The Morgan fingerprint density at radius 3 is 2.08 bits per heavy atom. The van der Waals surface area contributed by atoms with Gasteiger partial charge in [-0.3, -0.25) is 9.59 Å². The van der Waals surface area contributed by atoms with Crippen molar-refractivity contribution >= 4 is 17.9 Å². The number of carbonyl (C=O) groups excluding carboxylic acids is 3. The van der Waals surface area contributed by atoms with E-state index in [0.717, 1.165) is 44.9 Å². The molecule has 0 aromatic carbocycles. The second-order valence-corrected chi connectivity index (χ2v) is 10.9. The smallest absolute Gasteiger partial charge is 0.306 e. The van der Waals surface area contributed by atoms with Crippen LogP contribution in [0.5, 0.6) is 0 Å². The molecule has 2 atom stereocenters. The van der Waals surface area contributed by atoms with Crippen LogP contribution in [0.2, 0.25) is 0 Å². The number of aliphatic carboxylic acids is 1. The van der Waals surface area contributed by atoms with Crippen LogP contribution in [0.25, 0.3) is 0 Å². The Morgan fingerprint density at radius 2 is 1.43 bits per heavy atom. The monoisotopic (exact) mass is 565 g/mol. The molecular weight excluding hydrogens is 510 g/mol. The van der Waals surface area contributed by atoms with Crippen molar-refractivity contribution in [3.63, 3.8) is 0 Å². The molecule has 0 heterocycles. The molecule has 0 aliphatic carbocycles. The minimum Gasteiger partial charge on any atom is -0.544 e. The van der Waals surface area contributed by atoms with Crippen LogP contribution in [0, 0.1) is 0 Å². The average molecular weight is 566 g/mol. The molecule has 0 radical (unpaired) electrons. The van der Waals surface area contributed by atoms with Crippen LogP contribution in [0.3, 0.4) is 0 Å². The molecule has 0 spiro atoms. The number of carbonyl (C=O) groups is 3. The number of hydrogen-bond acceptors (Lipinski definition) is 7. The summed E-state index contributed by atoms with van der Waals surface area (Å²) in [6.45, 7) is 4.34. The lowest BCUT2D eigenvalue weighted by molar-refractivity contribution is -0.889. The van der Waals surface area contributed by atoms with Gasteiger partial charge in [0.05, 0.1) is 40.3 Å². The summed E-state index contributed by atoms with van der Waals surface area (Å²) in [6, 6.07) is -0.731. The number of unbranched alkanes of at least 4 members (excludes halogenated alkanes) is 5. The molecule has 0 saturated carbocycles. The number of esters is 2. The minimum atomic E-state index is -1.14. The number of allylic oxidation sites excluding steroid dienone is 6. The average Bonchev–Trinajstić information content (AvgIpc) is 2.89. The summed E-state index contributed by atoms with van der Waals surface area (Å²) in [7, 11) is 5.35. The second-order valence-electron chi connectivity index (χ2n) is 10.9. The molecule has 0 rings (SSSR count). The molecule has 2 unspecified atom stereocenters. The van der Waals surface area contributed by atoms with Gasteiger partial charge in [-0.15, -0.1) is 0 Å². The van der Waals surface area contributed by atoms with E-state index in [1.807, 2.05) is 6.08 Å². The van der Waals surface area contributed by atoms with Gasteiger partial charge in [0.15, 0.2) is 6.10 Å². The maximum atomic E-state index is 12.4. The first-order valence-electron chi connectivity index (χ1n) is 15.0. The quantitative estimate of drug-likeness (QED) is 0.0660. The summed E-state index contributed by atoms with van der Waals surface area (Å²) in [5.41, 5.74) is 0. The zero-order valence-corrected chi connectivity index (χ0v) is 25.7. The fourth-order valence-corrected chi connectivity index (χ4v) is 3.89. The van der Waals surface area contributed by atoms with Crippen molar-refractivity contribution in [2.24, 2.45) is 0 Å². The Morgan fingerprint density at radius 1 is 0.775 bits per heavy atom. The highest BCUT2D eigenvalue weighted by atomic mass is 16.6. The highest BCUT2D eigenvalue weighted by Gasteiger charge is 2.25. The molecule has 8 heteroatoms. The van der Waals surface area contributed by atoms with Crippen molar-refractivity contribution in [1.82, 2.24) is 0 Å². The van der Waals surface area contributed by atoms with E-state index < -0.39 is 18.1 Å². The Kier molecular flexibility index (Phi) is 22.9. The third-order valence-corrected chi connectivity index (χ3v) is 6.27. The summed E-state index contributed by atoms with van der Waals surface area (Å²) in [4.78, 5) is 36.1. The molecule has 0 fully saturated rings. The van der Waals surface area contributed by atoms with E-state index in [4.69, 9.17) is 14.2 Å². The summed E-state index contributed by atoms with van der Waals surface area (Å²) in [5, 5.41) is 11.5. The lowest BCUT2D eigenvalue weighted by Crippen LogP contribution is -2.55. The molecular formula is C32H55NO7. The van der Waals surface area contributed by atoms with E-state index in [0.29, 0.717) is 12.8 Å². The van der Waals surface area contributed by atoms with Gasteiger partial charge < -0.3 is 28.6 Å². The van der Waals surface area contributed by atoms with Crippen molar-refractivity contribution in [3.8, 4) is 0 Å². The summed E-state index contributed by atoms with van der Waals surface area (Å²) >= 11 is 0. The van der Waals surface area contributed by atoms with Crippen LogP contribution in [0.15, 0.2) is 36.5 Å². The summed E-state index contributed by atoms with van der Waals surface area (Å²) in [5.74, 6) is -1.87. The molecule has 230 valence electrons. The lowest BCUT2D eigenvalue weighted by Gasteiger charge is -2.34. The van der Waals surface area contributed by atoms with Crippen LogP contribution in [-0.4, -0.2) is 75.5 Å². The molecule has 0 N–H and O–H groups in total. The molecule has 0 aliphatic rings. The number of nitrogens with zero attached hydrogens (tertiary/aromatic N) is 1. The van der Waals surface area contributed by atoms with Crippen molar-refractivity contribution < 1.29 is 38.2 Å². The van der Waals surface area contributed by atoms with Gasteiger partial charge >= 0.3 is 11.9 Å². The zero-order chi connectivity index (χ0) is 30.1. The first-order valence-corrected chi connectivity index (χ1v) is 15.0. The zero-order valence-electron chi connectivity index (χ0n) is 25.7. The molecule has 0 aromatic heterocycles. The van der Waals surface area contributed by atoms with Gasteiger partial charge in [-0.1, -0.05) is 63.1 Å². The van der Waals surface area contributed by atoms with E-state index in [-0.39, 0.29) is 49.1 Å². The third-order valence-electron chi connectivity index (χ3n) is 6.27. The van der Waals surface area contributed by atoms with Gasteiger partial charge in [-0.2, -0.15) is 0 Å². The number of hydrogen-bond donors (Lipinski definition) is 0. The minimum absolute atomic E-state index is 0.0139. The number of likely N-dealkylation sites (N-methyl/N-ethyl adjacent to an activating group) is 1. The van der Waals surface area contributed by atoms with E-state index in [9.17, 15) is 19.5 Å². The van der Waals surface area contributed by atoms with Crippen LogP contribution < -0.4 is 5.11 Å². The molecule has 0 saturated heterocycles. The molecule has 0 aliphatic heterocycles. The highest BCUT2D eigenvalue weighted by Crippen LogP contribution is 2.09. The summed E-state index contributed by atoms with van der Waals surface area (Å²) in [6.07, 6.45) is 22.2. The fourth-order valence-electron chi connectivity index (χ4n) is 3.89. The maximum absolute atomic E-state index is 12.4. The molecule has 0 bridgehead atoms. The standard InChI is InChI=1S/C32H55NO7/c1-6-8-10-12-14-15-17-18-20-22-30(34)39-27-28(26-38-25-24-29(32(36)37)33(3,4)5)40-31(35)23-21-19-16-13-11-9-7-2/h8,10,14-16,19,28-29H,6-7,9,11-13,17-18,20-27H2,1-5H3/b10-8+,15-14+,19-16+. The molecule has 8 nitrogen and oxygen atoms in total. The van der Waals surface area contributed by atoms with E-state index in [1.54, 1.807) is 21.1 Å². The first kappa shape index (κ1) is 37.6. The predicted octanol–water partition coefficient (Wildman–Crippen LogP) is 5.06. The second kappa shape index (κ2) is 24.4. The van der Waals surface area contributed by atoms with Gasteiger partial charge in [-0.25, -0.2) is 0 Å². The van der Waals surface area contributed by atoms with Gasteiger partial charge in [-0.05, 0) is 51.4 Å². The predicted molar refractivity (Wildman–Crippen MR) is 157 cm³/mol. The van der Waals surface area contributed by atoms with Crippen LogP contribution >= 0.6 is 0 Å². The Balaban J connectivity index is 4.63. The van der Waals surface area contributed by atoms with E-state index >= 15 is 0 Å². The summed E-state index contributed by atoms with van der Waals surface area (Å²) < 4.78 is 16.8. The number of carboxylic acid groups (broad SMARTS) is 1. The lowest BCUT2D eigenvalue weighted by atomic mass is 10.1. The van der Waals surface area contributed by atoms with Gasteiger partial charge in [0.25, 0.3) is 0 Å². The van der Waals surface area contributed by atoms with Gasteiger partial charge in [0.1, 0.15) is 12.6 Å². The van der Waals surface area contributed by atoms with Gasteiger partial charge in [0, 0.05) is 19.3 Å². The maximum Gasteiger partial charge on any atom is 0.306 e. The first-order chi connectivity index (χ1) is 19.1. The van der Waals surface area contributed by atoms with Crippen LogP contribution in [0.1, 0.15) is 97.3 Å². The number of rotatable bonds is 25. The SMILES string of the molecule is CC/C=C/C/C=C/CCCCC(=O)OCC(COCCC(C(=O)[O-])[N+](C)(C)C)OC(=O)CC/C=C/CCCCC. The Labute approximate surface area is 243 Å². The van der Waals surface area contributed by atoms with Crippen LogP contribution in [0.4, 0.5) is 0 Å². The number of quaternary nitrogens is 1. The largest absolute Gasteiger partial charge is 0.544 e. The molecule has 0 amide bonds. The van der Waals surface area contributed by atoms with Crippen molar-refractivity contribution in [2.45, 2.75) is 109 Å². The topological polar surface area (TPSA) is 102 Å². The Hall–Kier alpha value is -2.45.